The van der Waals surface area contributed by atoms with E-state index >= 15 is 0 Å². The number of methoxy groups -OCH3 is 1. The van der Waals surface area contributed by atoms with E-state index in [2.05, 4.69) is 4.98 Å². The number of nitrogen functional groups attached to an aromatic ring is 1. The van der Waals surface area contributed by atoms with Crippen LogP contribution in [-0.4, -0.2) is 22.9 Å². The summed E-state index contributed by atoms with van der Waals surface area (Å²) in [5.74, 6) is 0.592. The van der Waals surface area contributed by atoms with Gasteiger partial charge in [-0.05, 0) is 54.3 Å². The van der Waals surface area contributed by atoms with Crippen LogP contribution in [0.4, 0.5) is 18.9 Å². The third kappa shape index (κ3) is 3.80. The fourth-order valence-corrected chi connectivity index (χ4v) is 3.87. The molecule has 0 amide bonds. The molecule has 0 saturated carbocycles. The fourth-order valence-electron chi connectivity index (χ4n) is 3.47. The molecular weight excluding hydrogens is 439 g/mol. The second-order valence-electron chi connectivity index (χ2n) is 6.95. The van der Waals surface area contributed by atoms with Crippen LogP contribution in [0.5, 0.6) is 5.75 Å². The molecule has 0 aliphatic carbocycles. The number of alkyl halides is 3. The van der Waals surface area contributed by atoms with E-state index < -0.39 is 17.3 Å². The molecule has 2 aromatic heterocycles. The van der Waals surface area contributed by atoms with Gasteiger partial charge in [0.05, 0.1) is 29.4 Å². The average molecular weight is 457 g/mol. The van der Waals surface area contributed by atoms with Gasteiger partial charge in [-0.25, -0.2) is 0 Å². The number of nitrogens with zero attached hydrogens (tertiary/aromatic N) is 2. The molecule has 2 N–H and O–H groups in total. The molecule has 5 nitrogen and oxygen atoms in total. The number of hydrogen-bond donors (Lipinski definition) is 1. The van der Waals surface area contributed by atoms with Crippen molar-refractivity contribution in [3.8, 4) is 22.6 Å². The Bertz CT molecular complexity index is 1350. The van der Waals surface area contributed by atoms with Gasteiger partial charge in [0.1, 0.15) is 11.3 Å². The summed E-state index contributed by atoms with van der Waals surface area (Å²) in [6.45, 7) is 0. The van der Waals surface area contributed by atoms with Gasteiger partial charge in [0, 0.05) is 16.8 Å². The molecule has 0 aliphatic heterocycles. The number of anilines is 1. The Morgan fingerprint density at radius 2 is 1.72 bits per heavy atom. The summed E-state index contributed by atoms with van der Waals surface area (Å²) in [6.07, 6.45) is -1.99. The zero-order chi connectivity index (χ0) is 23.0. The molecule has 2 heterocycles. The number of hydrogen-bond acceptors (Lipinski definition) is 5. The monoisotopic (exact) mass is 457 g/mol. The Morgan fingerprint density at radius 1 is 1.06 bits per heavy atom. The van der Waals surface area contributed by atoms with Crippen molar-refractivity contribution < 1.29 is 17.9 Å². The van der Waals surface area contributed by atoms with Gasteiger partial charge in [-0.3, -0.25) is 14.3 Å². The summed E-state index contributed by atoms with van der Waals surface area (Å²) in [6, 6.07) is 14.5. The maximum Gasteiger partial charge on any atom is 0.417 e. The number of halogens is 3. The lowest BCUT2D eigenvalue weighted by atomic mass is 10.0. The molecule has 0 spiro atoms. The highest BCUT2D eigenvalue weighted by atomic mass is 32.2. The molecule has 164 valence electrons. The Balaban J connectivity index is 2.09. The minimum atomic E-state index is -4.62. The predicted octanol–water partition coefficient (Wildman–Crippen LogP) is 5.38. The third-order valence-corrected chi connectivity index (χ3v) is 5.83. The van der Waals surface area contributed by atoms with Gasteiger partial charge in [0.25, 0.3) is 5.56 Å². The van der Waals surface area contributed by atoms with E-state index in [0.717, 1.165) is 17.2 Å². The summed E-state index contributed by atoms with van der Waals surface area (Å²) in [4.78, 5) is 18.6. The Hall–Kier alpha value is -3.46. The van der Waals surface area contributed by atoms with Crippen molar-refractivity contribution in [1.82, 2.24) is 9.55 Å². The molecule has 9 heteroatoms. The highest BCUT2D eigenvalue weighted by molar-refractivity contribution is 7.98. The number of fused-ring (bicyclic) bond motifs is 1. The maximum absolute atomic E-state index is 13.6. The van der Waals surface area contributed by atoms with Crippen molar-refractivity contribution in [2.75, 3.05) is 19.1 Å². The normalized spacial score (nSPS) is 11.7. The van der Waals surface area contributed by atoms with Crippen LogP contribution >= 0.6 is 11.8 Å². The van der Waals surface area contributed by atoms with E-state index in [1.807, 2.05) is 6.26 Å². The molecule has 0 atom stereocenters. The van der Waals surface area contributed by atoms with Crippen molar-refractivity contribution in [2.24, 2.45) is 0 Å². The first-order chi connectivity index (χ1) is 15.2. The number of pyridine rings is 2. The van der Waals surface area contributed by atoms with Crippen molar-refractivity contribution in [1.29, 1.82) is 0 Å². The molecular formula is C23H18F3N3O2S. The van der Waals surface area contributed by atoms with Crippen molar-refractivity contribution >= 4 is 28.5 Å². The van der Waals surface area contributed by atoms with Crippen LogP contribution in [-0.2, 0) is 6.18 Å². The van der Waals surface area contributed by atoms with Gasteiger partial charge in [-0.1, -0.05) is 12.1 Å². The quantitative estimate of drug-likeness (QED) is 0.417. The van der Waals surface area contributed by atoms with E-state index in [-0.39, 0.29) is 22.3 Å². The zero-order valence-corrected chi connectivity index (χ0v) is 17.9. The topological polar surface area (TPSA) is 70.1 Å². The predicted molar refractivity (Wildman–Crippen MR) is 121 cm³/mol. The molecule has 0 bridgehead atoms. The van der Waals surface area contributed by atoms with Gasteiger partial charge in [0.15, 0.2) is 0 Å². The van der Waals surface area contributed by atoms with Gasteiger partial charge in [-0.15, -0.1) is 11.8 Å². The first-order valence-corrected chi connectivity index (χ1v) is 10.7. The first-order valence-electron chi connectivity index (χ1n) is 9.45. The Labute approximate surface area is 185 Å². The Morgan fingerprint density at radius 3 is 2.28 bits per heavy atom. The molecule has 0 saturated heterocycles. The molecule has 0 aliphatic rings. The highest BCUT2D eigenvalue weighted by Gasteiger charge is 2.32. The van der Waals surface area contributed by atoms with E-state index in [1.54, 1.807) is 48.5 Å². The summed E-state index contributed by atoms with van der Waals surface area (Å²) in [5.41, 5.74) is 5.95. The molecule has 2 aromatic carbocycles. The van der Waals surface area contributed by atoms with Crippen LogP contribution in [0.3, 0.4) is 0 Å². The summed E-state index contributed by atoms with van der Waals surface area (Å²) >= 11 is 1.51. The molecule has 32 heavy (non-hydrogen) atoms. The molecule has 0 fully saturated rings. The van der Waals surface area contributed by atoms with Gasteiger partial charge in [0.2, 0.25) is 0 Å². The maximum atomic E-state index is 13.6. The van der Waals surface area contributed by atoms with Crippen LogP contribution in [0.2, 0.25) is 0 Å². The Kier molecular flexibility index (Phi) is 5.60. The molecule has 0 radical (unpaired) electrons. The van der Waals surface area contributed by atoms with Gasteiger partial charge >= 0.3 is 6.18 Å². The lowest BCUT2D eigenvalue weighted by molar-refractivity contribution is -0.137. The number of ether oxygens (including phenoxy) is 1. The van der Waals surface area contributed by atoms with Crippen LogP contribution < -0.4 is 16.0 Å². The zero-order valence-electron chi connectivity index (χ0n) is 17.1. The number of aromatic nitrogens is 2. The van der Waals surface area contributed by atoms with E-state index in [9.17, 15) is 18.0 Å². The fraction of sp³-hybridized carbons (Fsp3) is 0.130. The number of nitrogens with two attached hydrogens (primary N) is 1. The van der Waals surface area contributed by atoms with Crippen LogP contribution in [0.25, 0.3) is 27.8 Å². The van der Waals surface area contributed by atoms with Crippen LogP contribution in [0.15, 0.2) is 70.5 Å². The lowest BCUT2D eigenvalue weighted by Gasteiger charge is -2.17. The highest BCUT2D eigenvalue weighted by Crippen LogP contribution is 2.35. The second-order valence-corrected chi connectivity index (χ2v) is 7.82. The SMILES string of the molecule is COc1ccc(-c2c(N)c3ncc(C(F)(F)F)cc3n(-c3ccc(SC)cc3)c2=O)cc1. The third-order valence-electron chi connectivity index (χ3n) is 5.09. The van der Waals surface area contributed by atoms with Crippen LogP contribution in [0, 0.1) is 0 Å². The van der Waals surface area contributed by atoms with E-state index in [4.69, 9.17) is 10.5 Å². The van der Waals surface area contributed by atoms with E-state index in [1.165, 1.54) is 23.4 Å². The lowest BCUT2D eigenvalue weighted by Crippen LogP contribution is -2.23. The molecule has 4 aromatic rings. The van der Waals surface area contributed by atoms with Crippen molar-refractivity contribution in [3.63, 3.8) is 0 Å². The van der Waals surface area contributed by atoms with Crippen molar-refractivity contribution in [3.05, 3.63) is 76.7 Å². The smallest absolute Gasteiger partial charge is 0.417 e. The number of rotatable bonds is 4. The van der Waals surface area contributed by atoms with Gasteiger partial charge in [-0.2, -0.15) is 13.2 Å². The standard InChI is InChI=1S/C23H18F3N3O2S/c1-31-16-7-3-13(4-8-16)19-20(27)21-18(11-14(12-28-21)23(24,25)26)29(22(19)30)15-5-9-17(32-2)10-6-15/h3-12H,27H2,1-2H3. The van der Waals surface area contributed by atoms with Crippen LogP contribution in [0.1, 0.15) is 5.56 Å². The van der Waals surface area contributed by atoms with E-state index in [0.29, 0.717) is 17.0 Å². The second kappa shape index (κ2) is 8.23. The largest absolute Gasteiger partial charge is 0.497 e. The summed E-state index contributed by atoms with van der Waals surface area (Å²) < 4.78 is 46.6. The number of thioether (sulfide) groups is 1. The first kappa shape index (κ1) is 21.8. The minimum absolute atomic E-state index is 0.0147. The summed E-state index contributed by atoms with van der Waals surface area (Å²) in [5, 5.41) is 0. The molecule has 0 unspecified atom stereocenters. The average Bonchev–Trinajstić information content (AvgIpc) is 2.79. The minimum Gasteiger partial charge on any atom is -0.497 e. The molecule has 4 rings (SSSR count). The van der Waals surface area contributed by atoms with Gasteiger partial charge < -0.3 is 10.5 Å². The number of benzene rings is 2. The van der Waals surface area contributed by atoms with Crippen molar-refractivity contribution in [2.45, 2.75) is 11.1 Å². The summed E-state index contributed by atoms with van der Waals surface area (Å²) in [7, 11) is 1.52.